The van der Waals surface area contributed by atoms with E-state index in [2.05, 4.69) is 68.6 Å². The smallest absolute Gasteiger partial charge is 0.229 e. The maximum absolute atomic E-state index is 4.54. The number of hydrogen-bond acceptors (Lipinski definition) is 6. The number of aryl methyl sites for hydroxylation is 1. The Bertz CT molecular complexity index is 677. The SMILES string of the molecule is CCCNc1cc(C)nc(Nc2ccc(N3CCN(C)CC3)cc2)n1. The first-order valence-corrected chi connectivity index (χ1v) is 9.04. The van der Waals surface area contributed by atoms with E-state index in [1.54, 1.807) is 0 Å². The van der Waals surface area contributed by atoms with Gasteiger partial charge in [0.1, 0.15) is 5.82 Å². The molecule has 2 N–H and O–H groups in total. The van der Waals surface area contributed by atoms with Gasteiger partial charge in [-0.2, -0.15) is 4.98 Å². The summed E-state index contributed by atoms with van der Waals surface area (Å²) < 4.78 is 0. The molecule has 0 unspecified atom stereocenters. The van der Waals surface area contributed by atoms with Crippen LogP contribution in [-0.2, 0) is 0 Å². The molecule has 2 aromatic rings. The topological polar surface area (TPSA) is 56.3 Å². The van der Waals surface area contributed by atoms with Gasteiger partial charge in [0, 0.05) is 55.9 Å². The summed E-state index contributed by atoms with van der Waals surface area (Å²) in [6.45, 7) is 9.43. The van der Waals surface area contributed by atoms with Gasteiger partial charge in [-0.05, 0) is 44.7 Å². The summed E-state index contributed by atoms with van der Waals surface area (Å²) in [6.07, 6.45) is 1.07. The highest BCUT2D eigenvalue weighted by Crippen LogP contribution is 2.21. The maximum Gasteiger partial charge on any atom is 0.229 e. The van der Waals surface area contributed by atoms with Crippen LogP contribution in [0.1, 0.15) is 19.0 Å². The molecule has 25 heavy (non-hydrogen) atoms. The number of rotatable bonds is 6. The molecule has 0 atom stereocenters. The number of nitrogens with zero attached hydrogens (tertiary/aromatic N) is 4. The number of likely N-dealkylation sites (N-methyl/N-ethyl adjacent to an activating group) is 1. The summed E-state index contributed by atoms with van der Waals surface area (Å²) in [6, 6.07) is 10.5. The van der Waals surface area contributed by atoms with Gasteiger partial charge in [-0.15, -0.1) is 0 Å². The average Bonchev–Trinajstić information content (AvgIpc) is 2.61. The van der Waals surface area contributed by atoms with Gasteiger partial charge in [-0.1, -0.05) is 6.92 Å². The number of hydrogen-bond donors (Lipinski definition) is 2. The molecule has 6 nitrogen and oxygen atoms in total. The minimum absolute atomic E-state index is 0.631. The summed E-state index contributed by atoms with van der Waals surface area (Å²) in [5.41, 5.74) is 3.23. The van der Waals surface area contributed by atoms with E-state index < -0.39 is 0 Å². The average molecular weight is 340 g/mol. The van der Waals surface area contributed by atoms with Crippen LogP contribution in [-0.4, -0.2) is 54.6 Å². The molecule has 1 fully saturated rings. The van der Waals surface area contributed by atoms with Crippen LogP contribution in [0.5, 0.6) is 0 Å². The van der Waals surface area contributed by atoms with Crippen molar-refractivity contribution < 1.29 is 0 Å². The molecule has 0 aliphatic carbocycles. The van der Waals surface area contributed by atoms with Gasteiger partial charge in [0.25, 0.3) is 0 Å². The summed E-state index contributed by atoms with van der Waals surface area (Å²) >= 11 is 0. The lowest BCUT2D eigenvalue weighted by Gasteiger charge is -2.34. The van der Waals surface area contributed by atoms with Crippen molar-refractivity contribution in [3.05, 3.63) is 36.0 Å². The quantitative estimate of drug-likeness (QED) is 0.843. The Morgan fingerprint density at radius 3 is 2.44 bits per heavy atom. The standard InChI is InChI=1S/C19H28N6/c1-4-9-20-18-14-15(2)21-19(23-18)22-16-5-7-17(8-6-16)25-12-10-24(3)11-13-25/h5-8,14H,4,9-13H2,1-3H3,(H2,20,21,22,23). The lowest BCUT2D eigenvalue weighted by molar-refractivity contribution is 0.313. The molecular weight excluding hydrogens is 312 g/mol. The molecule has 1 aromatic heterocycles. The van der Waals surface area contributed by atoms with Crippen LogP contribution in [0.3, 0.4) is 0 Å². The molecule has 0 bridgehead atoms. The van der Waals surface area contributed by atoms with Gasteiger partial charge in [-0.25, -0.2) is 4.98 Å². The number of benzene rings is 1. The van der Waals surface area contributed by atoms with Gasteiger partial charge in [0.2, 0.25) is 5.95 Å². The van der Waals surface area contributed by atoms with Crippen LogP contribution in [0.2, 0.25) is 0 Å². The highest BCUT2D eigenvalue weighted by Gasteiger charge is 2.14. The third-order valence-electron chi connectivity index (χ3n) is 4.40. The minimum atomic E-state index is 0.631. The van der Waals surface area contributed by atoms with E-state index in [-0.39, 0.29) is 0 Å². The maximum atomic E-state index is 4.54. The Morgan fingerprint density at radius 1 is 1.04 bits per heavy atom. The number of nitrogens with one attached hydrogen (secondary N) is 2. The molecule has 1 aromatic carbocycles. The number of anilines is 4. The third kappa shape index (κ3) is 4.82. The fourth-order valence-corrected chi connectivity index (χ4v) is 2.92. The second kappa shape index (κ2) is 8.16. The Kier molecular flexibility index (Phi) is 5.71. The van der Waals surface area contributed by atoms with Crippen molar-refractivity contribution >= 4 is 23.1 Å². The molecule has 1 saturated heterocycles. The normalized spacial score (nSPS) is 15.2. The van der Waals surface area contributed by atoms with Crippen LogP contribution in [0, 0.1) is 6.92 Å². The monoisotopic (exact) mass is 340 g/mol. The zero-order valence-electron chi connectivity index (χ0n) is 15.4. The predicted molar refractivity (Wildman–Crippen MR) is 105 cm³/mol. The third-order valence-corrected chi connectivity index (χ3v) is 4.40. The molecule has 3 rings (SSSR count). The lowest BCUT2D eigenvalue weighted by Crippen LogP contribution is -2.44. The Balaban J connectivity index is 1.66. The molecule has 6 heteroatoms. The van der Waals surface area contributed by atoms with Gasteiger partial charge in [0.05, 0.1) is 0 Å². The predicted octanol–water partition coefficient (Wildman–Crippen LogP) is 3.10. The first-order valence-electron chi connectivity index (χ1n) is 9.04. The summed E-state index contributed by atoms with van der Waals surface area (Å²) in [4.78, 5) is 13.8. The van der Waals surface area contributed by atoms with Crippen molar-refractivity contribution in [3.63, 3.8) is 0 Å². The van der Waals surface area contributed by atoms with Crippen LogP contribution >= 0.6 is 0 Å². The largest absolute Gasteiger partial charge is 0.370 e. The Hall–Kier alpha value is -2.34. The second-order valence-corrected chi connectivity index (χ2v) is 6.61. The van der Waals surface area contributed by atoms with Crippen molar-refractivity contribution in [1.29, 1.82) is 0 Å². The molecule has 0 radical (unpaired) electrons. The van der Waals surface area contributed by atoms with E-state index in [0.29, 0.717) is 5.95 Å². The minimum Gasteiger partial charge on any atom is -0.370 e. The van der Waals surface area contributed by atoms with Gasteiger partial charge >= 0.3 is 0 Å². The van der Waals surface area contributed by atoms with Crippen LogP contribution in [0.15, 0.2) is 30.3 Å². The molecule has 0 saturated carbocycles. The van der Waals surface area contributed by atoms with E-state index in [9.17, 15) is 0 Å². The summed E-state index contributed by atoms with van der Waals surface area (Å²) in [5, 5.41) is 6.63. The van der Waals surface area contributed by atoms with Crippen LogP contribution in [0.25, 0.3) is 0 Å². The second-order valence-electron chi connectivity index (χ2n) is 6.61. The van der Waals surface area contributed by atoms with Crippen molar-refractivity contribution in [1.82, 2.24) is 14.9 Å². The van der Waals surface area contributed by atoms with E-state index in [0.717, 1.165) is 56.3 Å². The molecule has 0 amide bonds. The Morgan fingerprint density at radius 2 is 1.76 bits per heavy atom. The zero-order chi connectivity index (χ0) is 17.6. The van der Waals surface area contributed by atoms with Crippen molar-refractivity contribution in [3.8, 4) is 0 Å². The number of piperazine rings is 1. The van der Waals surface area contributed by atoms with Gasteiger partial charge in [0.15, 0.2) is 0 Å². The van der Waals surface area contributed by atoms with Crippen LogP contribution < -0.4 is 15.5 Å². The van der Waals surface area contributed by atoms with Crippen LogP contribution in [0.4, 0.5) is 23.1 Å². The molecule has 134 valence electrons. The van der Waals surface area contributed by atoms with Crippen molar-refractivity contribution in [2.75, 3.05) is 55.3 Å². The first-order chi connectivity index (χ1) is 12.1. The molecule has 0 spiro atoms. The van der Waals surface area contributed by atoms with E-state index >= 15 is 0 Å². The highest BCUT2D eigenvalue weighted by molar-refractivity contribution is 5.60. The number of aromatic nitrogens is 2. The zero-order valence-corrected chi connectivity index (χ0v) is 15.4. The Labute approximate surface area is 150 Å². The van der Waals surface area contributed by atoms with Crippen molar-refractivity contribution in [2.24, 2.45) is 0 Å². The molecule has 2 heterocycles. The first kappa shape index (κ1) is 17.5. The summed E-state index contributed by atoms with van der Waals surface area (Å²) in [5.74, 6) is 1.50. The van der Waals surface area contributed by atoms with E-state index in [4.69, 9.17) is 0 Å². The lowest BCUT2D eigenvalue weighted by atomic mass is 10.2. The fraction of sp³-hybridized carbons (Fsp3) is 0.474. The highest BCUT2D eigenvalue weighted by atomic mass is 15.2. The molecule has 1 aliphatic rings. The fourth-order valence-electron chi connectivity index (χ4n) is 2.92. The molecular formula is C19H28N6. The molecule has 1 aliphatic heterocycles. The van der Waals surface area contributed by atoms with E-state index in [1.165, 1.54) is 5.69 Å². The van der Waals surface area contributed by atoms with Gasteiger partial charge in [-0.3, -0.25) is 0 Å². The summed E-state index contributed by atoms with van der Waals surface area (Å²) in [7, 11) is 2.18. The van der Waals surface area contributed by atoms with Crippen molar-refractivity contribution in [2.45, 2.75) is 20.3 Å². The van der Waals surface area contributed by atoms with Gasteiger partial charge < -0.3 is 20.4 Å². The van der Waals surface area contributed by atoms with E-state index in [1.807, 2.05) is 13.0 Å².